The molecule has 2 aromatic rings. The van der Waals surface area contributed by atoms with E-state index in [1.54, 1.807) is 6.07 Å². The van der Waals surface area contributed by atoms with Crippen LogP contribution in [-0.2, 0) is 32.4 Å². The van der Waals surface area contributed by atoms with Crippen LogP contribution in [0.2, 0.25) is 0 Å². The van der Waals surface area contributed by atoms with Crippen LogP contribution in [0.3, 0.4) is 0 Å². The van der Waals surface area contributed by atoms with Gasteiger partial charge in [-0.3, -0.25) is 9.59 Å². The van der Waals surface area contributed by atoms with Gasteiger partial charge < -0.3 is 4.74 Å². The first-order valence-electron chi connectivity index (χ1n) is 11.0. The van der Waals surface area contributed by atoms with Crippen LogP contribution >= 0.6 is 0 Å². The molecule has 1 unspecified atom stereocenters. The van der Waals surface area contributed by atoms with Crippen molar-refractivity contribution in [3.63, 3.8) is 0 Å². The van der Waals surface area contributed by atoms with E-state index in [1.165, 1.54) is 12.5 Å². The predicted octanol–water partition coefficient (Wildman–Crippen LogP) is 3.67. The van der Waals surface area contributed by atoms with Gasteiger partial charge in [0.2, 0.25) is 15.8 Å². The van der Waals surface area contributed by atoms with Crippen LogP contribution in [0.25, 0.3) is 0 Å². The molecule has 1 aliphatic heterocycles. The second kappa shape index (κ2) is 9.30. The minimum absolute atomic E-state index is 0.0365. The third-order valence-corrected chi connectivity index (χ3v) is 8.26. The molecule has 2 aromatic carbocycles. The quantitative estimate of drug-likeness (QED) is 0.469. The standard InChI is InChI=1S/C24H25F2NO5S/c1-15(23(28)19-6-5-16-3-2-4-18(16)13-19)32-24(29)17-9-11-27(12-10-17)33(30,31)22-14-20(25)7-8-21(22)26/h5-8,13-15,17H,2-4,9-12H2,1H3. The van der Waals surface area contributed by atoms with E-state index in [4.69, 9.17) is 4.74 Å². The van der Waals surface area contributed by atoms with Crippen molar-refractivity contribution in [1.29, 1.82) is 0 Å². The highest BCUT2D eigenvalue weighted by atomic mass is 32.2. The fourth-order valence-corrected chi connectivity index (χ4v) is 5.98. The Morgan fingerprint density at radius 3 is 2.45 bits per heavy atom. The van der Waals surface area contributed by atoms with Gasteiger partial charge in [-0.05, 0) is 74.4 Å². The molecule has 1 saturated heterocycles. The third-order valence-electron chi connectivity index (χ3n) is 6.34. The number of hydrogen-bond donors (Lipinski definition) is 0. The van der Waals surface area contributed by atoms with Gasteiger partial charge in [-0.15, -0.1) is 0 Å². The average Bonchev–Trinajstić information content (AvgIpc) is 3.28. The van der Waals surface area contributed by atoms with E-state index in [9.17, 15) is 26.8 Å². The van der Waals surface area contributed by atoms with Crippen molar-refractivity contribution in [2.45, 2.75) is 50.0 Å². The molecule has 1 atom stereocenters. The summed E-state index contributed by atoms with van der Waals surface area (Å²) in [6.07, 6.45) is 2.38. The third kappa shape index (κ3) is 4.84. The Balaban J connectivity index is 1.35. The van der Waals surface area contributed by atoms with Gasteiger partial charge in [-0.25, -0.2) is 17.2 Å². The van der Waals surface area contributed by atoms with Crippen molar-refractivity contribution in [2.75, 3.05) is 13.1 Å². The number of hydrogen-bond acceptors (Lipinski definition) is 5. The summed E-state index contributed by atoms with van der Waals surface area (Å²) < 4.78 is 59.3. The molecule has 0 saturated carbocycles. The number of piperidine rings is 1. The number of aryl methyl sites for hydroxylation is 2. The molecule has 1 aliphatic carbocycles. The van der Waals surface area contributed by atoms with Gasteiger partial charge in [0.1, 0.15) is 16.5 Å². The first kappa shape index (κ1) is 23.5. The van der Waals surface area contributed by atoms with E-state index >= 15 is 0 Å². The first-order valence-corrected chi connectivity index (χ1v) is 12.4. The predicted molar refractivity (Wildman–Crippen MR) is 116 cm³/mol. The molecule has 0 N–H and O–H groups in total. The van der Waals surface area contributed by atoms with Crippen LogP contribution in [0.5, 0.6) is 0 Å². The second-order valence-electron chi connectivity index (χ2n) is 8.53. The Hall–Kier alpha value is -2.65. The van der Waals surface area contributed by atoms with Crippen molar-refractivity contribution in [3.05, 3.63) is 64.7 Å². The Bertz CT molecular complexity index is 1190. The van der Waals surface area contributed by atoms with Gasteiger partial charge in [-0.1, -0.05) is 12.1 Å². The minimum Gasteiger partial charge on any atom is -0.454 e. The van der Waals surface area contributed by atoms with Gasteiger partial charge in [0.15, 0.2) is 6.10 Å². The molecule has 0 aromatic heterocycles. The molecule has 9 heteroatoms. The summed E-state index contributed by atoms with van der Waals surface area (Å²) in [5.74, 6) is -3.30. The molecule has 0 amide bonds. The number of rotatable bonds is 6. The normalized spacial score (nSPS) is 18.0. The number of esters is 1. The van der Waals surface area contributed by atoms with E-state index in [0.29, 0.717) is 11.6 Å². The molecule has 4 rings (SSSR count). The Labute approximate surface area is 191 Å². The van der Waals surface area contributed by atoms with Gasteiger partial charge in [-0.2, -0.15) is 4.31 Å². The van der Waals surface area contributed by atoms with E-state index in [2.05, 4.69) is 0 Å². The molecule has 176 valence electrons. The highest BCUT2D eigenvalue weighted by Gasteiger charge is 2.35. The van der Waals surface area contributed by atoms with E-state index in [1.807, 2.05) is 12.1 Å². The van der Waals surface area contributed by atoms with Gasteiger partial charge in [0, 0.05) is 18.7 Å². The minimum atomic E-state index is -4.23. The summed E-state index contributed by atoms with van der Waals surface area (Å²) in [5.41, 5.74) is 2.91. The lowest BCUT2D eigenvalue weighted by Gasteiger charge is -2.30. The van der Waals surface area contributed by atoms with Gasteiger partial charge in [0.05, 0.1) is 5.92 Å². The summed E-state index contributed by atoms with van der Waals surface area (Å²) in [6.45, 7) is 1.45. The Morgan fingerprint density at radius 1 is 1.03 bits per heavy atom. The van der Waals surface area contributed by atoms with E-state index < -0.39 is 44.5 Å². The fourth-order valence-electron chi connectivity index (χ4n) is 4.43. The zero-order chi connectivity index (χ0) is 23.8. The van der Waals surface area contributed by atoms with Crippen LogP contribution in [0, 0.1) is 17.6 Å². The average molecular weight is 478 g/mol. The summed E-state index contributed by atoms with van der Waals surface area (Å²) in [7, 11) is -4.23. The Morgan fingerprint density at radius 2 is 1.73 bits per heavy atom. The lowest BCUT2D eigenvalue weighted by atomic mass is 9.98. The van der Waals surface area contributed by atoms with Crippen LogP contribution in [-0.4, -0.2) is 43.7 Å². The van der Waals surface area contributed by atoms with Crippen molar-refractivity contribution in [3.8, 4) is 0 Å². The number of carbonyl (C=O) groups is 2. The van der Waals surface area contributed by atoms with Gasteiger partial charge >= 0.3 is 5.97 Å². The number of nitrogens with zero attached hydrogens (tertiary/aromatic N) is 1. The van der Waals surface area contributed by atoms with Crippen molar-refractivity contribution in [1.82, 2.24) is 4.31 Å². The maximum absolute atomic E-state index is 14.0. The number of ketones is 1. The summed E-state index contributed by atoms with van der Waals surface area (Å²) in [5, 5.41) is 0. The number of Topliss-reactive ketones (excluding diaryl/α,β-unsaturated/α-hetero) is 1. The second-order valence-corrected chi connectivity index (χ2v) is 10.4. The van der Waals surface area contributed by atoms with Gasteiger partial charge in [0.25, 0.3) is 0 Å². The summed E-state index contributed by atoms with van der Waals surface area (Å²) in [6, 6.07) is 7.84. The summed E-state index contributed by atoms with van der Waals surface area (Å²) >= 11 is 0. The summed E-state index contributed by atoms with van der Waals surface area (Å²) in [4.78, 5) is 24.6. The number of fused-ring (bicyclic) bond motifs is 1. The molecule has 0 spiro atoms. The van der Waals surface area contributed by atoms with Crippen molar-refractivity contribution >= 4 is 21.8 Å². The fraction of sp³-hybridized carbons (Fsp3) is 0.417. The SMILES string of the molecule is CC(OC(=O)C1CCN(S(=O)(=O)c2cc(F)ccc2F)CC1)C(=O)c1ccc2c(c1)CCC2. The Kier molecular flexibility index (Phi) is 6.63. The lowest BCUT2D eigenvalue weighted by Crippen LogP contribution is -2.41. The molecule has 0 bridgehead atoms. The lowest BCUT2D eigenvalue weighted by molar-refractivity contribution is -0.152. The maximum atomic E-state index is 14.0. The monoisotopic (exact) mass is 477 g/mol. The molecule has 1 heterocycles. The molecule has 1 fully saturated rings. The molecule has 2 aliphatic rings. The highest BCUT2D eigenvalue weighted by molar-refractivity contribution is 7.89. The molecule has 33 heavy (non-hydrogen) atoms. The van der Waals surface area contributed by atoms with Crippen molar-refractivity contribution in [2.24, 2.45) is 5.92 Å². The number of ether oxygens (including phenoxy) is 1. The van der Waals surface area contributed by atoms with E-state index in [0.717, 1.165) is 41.3 Å². The van der Waals surface area contributed by atoms with Crippen LogP contribution in [0.1, 0.15) is 47.7 Å². The number of benzene rings is 2. The smallest absolute Gasteiger partial charge is 0.309 e. The number of halogens is 2. The van der Waals surface area contributed by atoms with Crippen LogP contribution in [0.4, 0.5) is 8.78 Å². The van der Waals surface area contributed by atoms with Crippen LogP contribution in [0.15, 0.2) is 41.3 Å². The first-order chi connectivity index (χ1) is 15.7. The molecule has 6 nitrogen and oxygen atoms in total. The highest BCUT2D eigenvalue weighted by Crippen LogP contribution is 2.27. The molecular weight excluding hydrogens is 452 g/mol. The zero-order valence-electron chi connectivity index (χ0n) is 18.2. The van der Waals surface area contributed by atoms with Crippen LogP contribution < -0.4 is 0 Å². The molecular formula is C24H25F2NO5S. The zero-order valence-corrected chi connectivity index (χ0v) is 19.0. The number of sulfonamides is 1. The topological polar surface area (TPSA) is 80.8 Å². The molecule has 0 radical (unpaired) electrons. The number of carbonyl (C=O) groups excluding carboxylic acids is 2. The van der Waals surface area contributed by atoms with E-state index in [-0.39, 0.29) is 31.7 Å². The largest absolute Gasteiger partial charge is 0.454 e. The maximum Gasteiger partial charge on any atom is 0.309 e. The van der Waals surface area contributed by atoms with Crippen molar-refractivity contribution < 1.29 is 31.5 Å².